The second-order valence-corrected chi connectivity index (χ2v) is 6.65. The number of piperazine rings is 1. The van der Waals surface area contributed by atoms with Gasteiger partial charge in [-0.25, -0.2) is 0 Å². The van der Waals surface area contributed by atoms with E-state index in [0.717, 1.165) is 12.0 Å². The number of nitrogens with zero attached hydrogens (tertiary/aromatic N) is 1. The Labute approximate surface area is 112 Å². The lowest BCUT2D eigenvalue weighted by atomic mass is 9.98. The van der Waals surface area contributed by atoms with E-state index >= 15 is 0 Å². The van der Waals surface area contributed by atoms with Crippen LogP contribution >= 0.6 is 11.8 Å². The van der Waals surface area contributed by atoms with Crippen molar-refractivity contribution in [1.82, 2.24) is 10.2 Å². The third-order valence-corrected chi connectivity index (χ3v) is 4.41. The molecule has 0 amide bonds. The molecule has 1 aliphatic rings. The van der Waals surface area contributed by atoms with Crippen molar-refractivity contribution in [3.8, 4) is 0 Å². The van der Waals surface area contributed by atoms with Crippen LogP contribution in [-0.4, -0.2) is 48.6 Å². The molecule has 2 nitrogen and oxygen atoms in total. The Morgan fingerprint density at radius 1 is 1.29 bits per heavy atom. The average molecular weight is 258 g/mol. The van der Waals surface area contributed by atoms with Crippen LogP contribution in [0.5, 0.6) is 0 Å². The fourth-order valence-electron chi connectivity index (χ4n) is 2.66. The maximum absolute atomic E-state index is 3.61. The molecule has 0 aromatic rings. The first-order valence-corrected chi connectivity index (χ1v) is 8.51. The number of hydrogen-bond donors (Lipinski definition) is 1. The van der Waals surface area contributed by atoms with Gasteiger partial charge in [-0.1, -0.05) is 20.3 Å². The van der Waals surface area contributed by atoms with Crippen molar-refractivity contribution < 1.29 is 0 Å². The van der Waals surface area contributed by atoms with Gasteiger partial charge in [0.1, 0.15) is 0 Å². The van der Waals surface area contributed by atoms with E-state index in [4.69, 9.17) is 0 Å². The Kier molecular flexibility index (Phi) is 7.56. The van der Waals surface area contributed by atoms with Crippen LogP contribution in [0.4, 0.5) is 0 Å². The van der Waals surface area contributed by atoms with E-state index < -0.39 is 0 Å². The third-order valence-electron chi connectivity index (χ3n) is 3.72. The van der Waals surface area contributed by atoms with Gasteiger partial charge in [-0.15, -0.1) is 0 Å². The summed E-state index contributed by atoms with van der Waals surface area (Å²) in [5.41, 5.74) is 0. The van der Waals surface area contributed by atoms with Crippen molar-refractivity contribution in [2.75, 3.05) is 31.6 Å². The predicted octanol–water partition coefficient (Wildman–Crippen LogP) is 2.84. The van der Waals surface area contributed by atoms with Crippen LogP contribution in [0.3, 0.4) is 0 Å². The number of rotatable bonds is 7. The van der Waals surface area contributed by atoms with Crippen molar-refractivity contribution in [3.63, 3.8) is 0 Å². The molecule has 1 rings (SSSR count). The maximum Gasteiger partial charge on any atom is 0.0244 e. The summed E-state index contributed by atoms with van der Waals surface area (Å²) in [5, 5.41) is 3.61. The van der Waals surface area contributed by atoms with Crippen LogP contribution < -0.4 is 5.32 Å². The summed E-state index contributed by atoms with van der Waals surface area (Å²) in [6, 6.07) is 1.41. The molecule has 0 bridgehead atoms. The Hall–Kier alpha value is 0.270. The molecule has 0 aromatic carbocycles. The highest BCUT2D eigenvalue weighted by Crippen LogP contribution is 2.16. The van der Waals surface area contributed by atoms with Crippen molar-refractivity contribution in [2.24, 2.45) is 5.92 Å². The van der Waals surface area contributed by atoms with E-state index in [9.17, 15) is 0 Å². The molecular formula is C14H30N2S. The van der Waals surface area contributed by atoms with Crippen molar-refractivity contribution in [2.45, 2.75) is 52.1 Å². The van der Waals surface area contributed by atoms with Crippen LogP contribution in [0.15, 0.2) is 0 Å². The number of hydrogen-bond acceptors (Lipinski definition) is 3. The molecule has 1 saturated heterocycles. The van der Waals surface area contributed by atoms with Crippen molar-refractivity contribution >= 4 is 11.8 Å². The molecule has 2 unspecified atom stereocenters. The predicted molar refractivity (Wildman–Crippen MR) is 79.9 cm³/mol. The lowest BCUT2D eigenvalue weighted by Gasteiger charge is -2.41. The van der Waals surface area contributed by atoms with Crippen LogP contribution in [0, 0.1) is 5.92 Å². The summed E-state index contributed by atoms with van der Waals surface area (Å²) >= 11 is 1.97. The first-order chi connectivity index (χ1) is 8.15. The Morgan fingerprint density at radius 3 is 2.71 bits per heavy atom. The second kappa shape index (κ2) is 8.39. The van der Waals surface area contributed by atoms with Gasteiger partial charge >= 0.3 is 0 Å². The van der Waals surface area contributed by atoms with Gasteiger partial charge in [0, 0.05) is 25.2 Å². The zero-order valence-electron chi connectivity index (χ0n) is 12.0. The highest BCUT2D eigenvalue weighted by molar-refractivity contribution is 7.98. The molecule has 2 atom stereocenters. The molecule has 0 spiro atoms. The standard InChI is InChI=1S/C14H30N2S/c1-12(2)14-10-15-13(3)11-16(14)8-6-5-7-9-17-4/h12-15H,5-11H2,1-4H3. The number of nitrogens with one attached hydrogen (secondary N) is 1. The van der Waals surface area contributed by atoms with E-state index in [0.29, 0.717) is 6.04 Å². The smallest absolute Gasteiger partial charge is 0.0244 e. The molecule has 0 aliphatic carbocycles. The first-order valence-electron chi connectivity index (χ1n) is 7.11. The van der Waals surface area contributed by atoms with E-state index in [-0.39, 0.29) is 0 Å². The minimum Gasteiger partial charge on any atom is -0.311 e. The molecule has 1 heterocycles. The molecule has 0 aromatic heterocycles. The van der Waals surface area contributed by atoms with Crippen LogP contribution in [0.2, 0.25) is 0 Å². The average Bonchev–Trinajstić information content (AvgIpc) is 2.28. The van der Waals surface area contributed by atoms with Crippen molar-refractivity contribution in [3.05, 3.63) is 0 Å². The van der Waals surface area contributed by atoms with E-state index in [1.165, 1.54) is 44.6 Å². The Bertz CT molecular complexity index is 197. The van der Waals surface area contributed by atoms with Gasteiger partial charge in [0.15, 0.2) is 0 Å². The molecule has 3 heteroatoms. The largest absolute Gasteiger partial charge is 0.311 e. The van der Waals surface area contributed by atoms with Gasteiger partial charge in [0.05, 0.1) is 0 Å². The summed E-state index contributed by atoms with van der Waals surface area (Å²) < 4.78 is 0. The van der Waals surface area contributed by atoms with Gasteiger partial charge in [-0.05, 0) is 44.2 Å². The monoisotopic (exact) mass is 258 g/mol. The van der Waals surface area contributed by atoms with Crippen LogP contribution in [0.1, 0.15) is 40.0 Å². The maximum atomic E-state index is 3.61. The fraction of sp³-hybridized carbons (Fsp3) is 1.00. The molecule has 17 heavy (non-hydrogen) atoms. The number of thioether (sulfide) groups is 1. The SMILES string of the molecule is CSCCCCCN1CC(C)NCC1C(C)C. The first kappa shape index (κ1) is 15.3. The van der Waals surface area contributed by atoms with Crippen LogP contribution in [-0.2, 0) is 0 Å². The summed E-state index contributed by atoms with van der Waals surface area (Å²) in [5.74, 6) is 2.09. The molecular weight excluding hydrogens is 228 g/mol. The number of unbranched alkanes of at least 4 members (excludes halogenated alkanes) is 2. The van der Waals surface area contributed by atoms with E-state index in [2.05, 4.69) is 37.2 Å². The quantitative estimate of drug-likeness (QED) is 0.707. The molecule has 0 radical (unpaired) electrons. The van der Waals surface area contributed by atoms with Crippen LogP contribution in [0.25, 0.3) is 0 Å². The van der Waals surface area contributed by atoms with E-state index in [1.807, 2.05) is 11.8 Å². The Balaban J connectivity index is 2.26. The summed E-state index contributed by atoms with van der Waals surface area (Å²) in [4.78, 5) is 2.71. The normalized spacial score (nSPS) is 26.6. The minimum absolute atomic E-state index is 0.663. The second-order valence-electron chi connectivity index (χ2n) is 5.67. The van der Waals surface area contributed by atoms with Gasteiger partial charge in [0.2, 0.25) is 0 Å². The highest BCUT2D eigenvalue weighted by Gasteiger charge is 2.27. The van der Waals surface area contributed by atoms with Crippen molar-refractivity contribution in [1.29, 1.82) is 0 Å². The van der Waals surface area contributed by atoms with Gasteiger partial charge < -0.3 is 5.32 Å². The van der Waals surface area contributed by atoms with Gasteiger partial charge in [-0.2, -0.15) is 11.8 Å². The lowest BCUT2D eigenvalue weighted by molar-refractivity contribution is 0.101. The zero-order chi connectivity index (χ0) is 12.7. The molecule has 102 valence electrons. The lowest BCUT2D eigenvalue weighted by Crippen LogP contribution is -2.57. The summed E-state index contributed by atoms with van der Waals surface area (Å²) in [7, 11) is 0. The topological polar surface area (TPSA) is 15.3 Å². The summed E-state index contributed by atoms with van der Waals surface area (Å²) in [6.07, 6.45) is 6.35. The Morgan fingerprint density at radius 2 is 2.06 bits per heavy atom. The molecule has 0 saturated carbocycles. The third kappa shape index (κ3) is 5.62. The molecule has 1 fully saturated rings. The summed E-state index contributed by atoms with van der Waals surface area (Å²) in [6.45, 7) is 10.7. The zero-order valence-corrected chi connectivity index (χ0v) is 12.9. The van der Waals surface area contributed by atoms with Gasteiger partial charge in [0.25, 0.3) is 0 Å². The van der Waals surface area contributed by atoms with E-state index in [1.54, 1.807) is 0 Å². The molecule has 1 N–H and O–H groups in total. The fourth-order valence-corrected chi connectivity index (χ4v) is 3.15. The van der Waals surface area contributed by atoms with Gasteiger partial charge in [-0.3, -0.25) is 4.90 Å². The minimum atomic E-state index is 0.663. The highest BCUT2D eigenvalue weighted by atomic mass is 32.2. The molecule has 1 aliphatic heterocycles.